The van der Waals surface area contributed by atoms with Gasteiger partial charge in [-0.15, -0.1) is 10.2 Å². The van der Waals surface area contributed by atoms with E-state index in [-0.39, 0.29) is 12.3 Å². The highest BCUT2D eigenvalue weighted by Crippen LogP contribution is 2.15. The predicted octanol–water partition coefficient (Wildman–Crippen LogP) is 2.54. The number of Topliss-reactive ketones (excluding diaryl/α,β-unsaturated/α-hetero) is 1. The van der Waals surface area contributed by atoms with E-state index in [0.717, 1.165) is 11.1 Å². The maximum atomic E-state index is 12.2. The normalized spacial score (nSPS) is 10.5. The zero-order valence-electron chi connectivity index (χ0n) is 12.9. The van der Waals surface area contributed by atoms with Crippen LogP contribution in [0.1, 0.15) is 15.9 Å². The number of ketones is 1. The number of benzene rings is 2. The molecule has 0 bridgehead atoms. The van der Waals surface area contributed by atoms with E-state index in [2.05, 4.69) is 15.4 Å². The van der Waals surface area contributed by atoms with Crippen LogP contribution in [-0.4, -0.2) is 33.1 Å². The molecule has 0 N–H and O–H groups in total. The molecule has 0 saturated heterocycles. The molecule has 0 amide bonds. The second kappa shape index (κ2) is 6.39. The molecule has 3 rings (SSSR count). The Labute approximate surface area is 133 Å². The molecule has 3 aromatic rings. The van der Waals surface area contributed by atoms with Crippen LogP contribution in [0.25, 0.3) is 11.4 Å². The van der Waals surface area contributed by atoms with E-state index in [4.69, 9.17) is 4.74 Å². The number of ether oxygens (including phenoxy) is 1. The lowest BCUT2D eigenvalue weighted by molar-refractivity contribution is 0.0961. The Balaban J connectivity index is 1.73. The maximum absolute atomic E-state index is 12.2. The van der Waals surface area contributed by atoms with E-state index < -0.39 is 0 Å². The average Bonchev–Trinajstić information content (AvgIpc) is 3.04. The number of carbonyl (C=O) groups is 1. The Morgan fingerprint density at radius 3 is 2.43 bits per heavy atom. The van der Waals surface area contributed by atoms with Crippen LogP contribution in [0.4, 0.5) is 0 Å². The molecule has 0 aliphatic carbocycles. The minimum absolute atomic E-state index is 0.0468. The van der Waals surface area contributed by atoms with Crippen molar-refractivity contribution in [1.82, 2.24) is 20.2 Å². The molecule has 0 fully saturated rings. The third kappa shape index (κ3) is 3.42. The molecule has 1 heterocycles. The Bertz CT molecular complexity index is 807. The summed E-state index contributed by atoms with van der Waals surface area (Å²) in [5, 5.41) is 12.2. The van der Waals surface area contributed by atoms with Crippen LogP contribution in [-0.2, 0) is 6.54 Å². The Morgan fingerprint density at radius 2 is 1.78 bits per heavy atom. The molecule has 0 radical (unpaired) electrons. The van der Waals surface area contributed by atoms with E-state index in [0.29, 0.717) is 17.1 Å². The van der Waals surface area contributed by atoms with Crippen LogP contribution in [0.5, 0.6) is 5.75 Å². The molecule has 23 heavy (non-hydrogen) atoms. The van der Waals surface area contributed by atoms with Gasteiger partial charge in [0.1, 0.15) is 12.3 Å². The molecule has 6 nitrogen and oxygen atoms in total. The highest BCUT2D eigenvalue weighted by molar-refractivity contribution is 5.95. The minimum atomic E-state index is -0.0829. The van der Waals surface area contributed by atoms with E-state index in [1.54, 1.807) is 31.4 Å². The van der Waals surface area contributed by atoms with Gasteiger partial charge in [-0.2, -0.15) is 4.80 Å². The first kappa shape index (κ1) is 14.9. The van der Waals surface area contributed by atoms with Crippen LogP contribution in [0.15, 0.2) is 48.5 Å². The van der Waals surface area contributed by atoms with Crippen molar-refractivity contribution in [1.29, 1.82) is 0 Å². The minimum Gasteiger partial charge on any atom is -0.497 e. The van der Waals surface area contributed by atoms with Crippen LogP contribution in [0.2, 0.25) is 0 Å². The lowest BCUT2D eigenvalue weighted by Gasteiger charge is -2.02. The summed E-state index contributed by atoms with van der Waals surface area (Å²) in [6.45, 7) is 2.06. The van der Waals surface area contributed by atoms with Gasteiger partial charge in [-0.3, -0.25) is 4.79 Å². The molecule has 6 heteroatoms. The summed E-state index contributed by atoms with van der Waals surface area (Å²) in [5.41, 5.74) is 2.62. The summed E-state index contributed by atoms with van der Waals surface area (Å²) >= 11 is 0. The molecule has 2 aromatic carbocycles. The predicted molar refractivity (Wildman–Crippen MR) is 85.3 cm³/mol. The smallest absolute Gasteiger partial charge is 0.204 e. The van der Waals surface area contributed by atoms with Crippen molar-refractivity contribution >= 4 is 5.78 Å². The highest BCUT2D eigenvalue weighted by atomic mass is 16.5. The first-order valence-corrected chi connectivity index (χ1v) is 7.18. The number of aromatic nitrogens is 4. The summed E-state index contributed by atoms with van der Waals surface area (Å²) in [6.07, 6.45) is 0. The van der Waals surface area contributed by atoms with Crippen molar-refractivity contribution in [2.24, 2.45) is 0 Å². The van der Waals surface area contributed by atoms with Gasteiger partial charge in [0.05, 0.1) is 7.11 Å². The van der Waals surface area contributed by atoms with Gasteiger partial charge in [-0.25, -0.2) is 0 Å². The largest absolute Gasteiger partial charge is 0.497 e. The zero-order chi connectivity index (χ0) is 16.2. The van der Waals surface area contributed by atoms with E-state index >= 15 is 0 Å². The number of rotatable bonds is 5. The van der Waals surface area contributed by atoms with Gasteiger partial charge >= 0.3 is 0 Å². The number of methoxy groups -OCH3 is 1. The third-order valence-corrected chi connectivity index (χ3v) is 3.46. The molecule has 0 aliphatic rings. The van der Waals surface area contributed by atoms with Gasteiger partial charge in [0.2, 0.25) is 5.82 Å². The summed E-state index contributed by atoms with van der Waals surface area (Å²) in [5.74, 6) is 1.13. The molecule has 0 unspecified atom stereocenters. The lowest BCUT2D eigenvalue weighted by atomic mass is 10.1. The Hall–Kier alpha value is -3.02. The van der Waals surface area contributed by atoms with Crippen molar-refractivity contribution < 1.29 is 9.53 Å². The average molecular weight is 308 g/mol. The van der Waals surface area contributed by atoms with Crippen LogP contribution in [0, 0.1) is 6.92 Å². The van der Waals surface area contributed by atoms with E-state index in [1.165, 1.54) is 4.80 Å². The van der Waals surface area contributed by atoms with Crippen molar-refractivity contribution in [3.05, 3.63) is 59.7 Å². The first-order valence-electron chi connectivity index (χ1n) is 7.18. The van der Waals surface area contributed by atoms with Crippen LogP contribution in [0.3, 0.4) is 0 Å². The van der Waals surface area contributed by atoms with E-state index in [9.17, 15) is 4.79 Å². The van der Waals surface area contributed by atoms with Gasteiger partial charge in [0, 0.05) is 11.1 Å². The first-order chi connectivity index (χ1) is 11.2. The van der Waals surface area contributed by atoms with Gasteiger partial charge in [0.25, 0.3) is 0 Å². The van der Waals surface area contributed by atoms with Crippen molar-refractivity contribution in [3.63, 3.8) is 0 Å². The summed E-state index contributed by atoms with van der Waals surface area (Å²) < 4.78 is 5.08. The summed E-state index contributed by atoms with van der Waals surface area (Å²) in [7, 11) is 1.59. The molecule has 1 aromatic heterocycles. The number of nitrogens with zero attached hydrogens (tertiary/aromatic N) is 4. The van der Waals surface area contributed by atoms with Gasteiger partial charge in [0.15, 0.2) is 5.78 Å². The number of aryl methyl sites for hydroxylation is 1. The van der Waals surface area contributed by atoms with E-state index in [1.807, 2.05) is 31.2 Å². The molecule has 116 valence electrons. The molecule has 0 atom stereocenters. The second-order valence-electron chi connectivity index (χ2n) is 5.16. The lowest BCUT2D eigenvalue weighted by Crippen LogP contribution is -2.13. The standard InChI is InChI=1S/C17H16N4O2/c1-12-3-5-14(6-4-12)17-18-20-21(19-17)11-16(22)13-7-9-15(23-2)10-8-13/h3-10H,11H2,1-2H3. The SMILES string of the molecule is COc1ccc(C(=O)Cn2nnc(-c3ccc(C)cc3)n2)cc1. The van der Waals surface area contributed by atoms with Crippen molar-refractivity contribution in [2.45, 2.75) is 13.5 Å². The third-order valence-electron chi connectivity index (χ3n) is 3.46. The molecule has 0 spiro atoms. The fourth-order valence-electron chi connectivity index (χ4n) is 2.13. The molecule has 0 saturated carbocycles. The quantitative estimate of drug-likeness (QED) is 0.677. The Kier molecular flexibility index (Phi) is 4.14. The monoisotopic (exact) mass is 308 g/mol. The fourth-order valence-corrected chi connectivity index (χ4v) is 2.13. The molecular formula is C17H16N4O2. The fraction of sp³-hybridized carbons (Fsp3) is 0.176. The summed E-state index contributed by atoms with van der Waals surface area (Å²) in [4.78, 5) is 13.5. The molecular weight excluding hydrogens is 292 g/mol. The Morgan fingerprint density at radius 1 is 1.09 bits per heavy atom. The number of carbonyl (C=O) groups excluding carboxylic acids is 1. The van der Waals surface area contributed by atoms with Crippen LogP contribution < -0.4 is 4.74 Å². The van der Waals surface area contributed by atoms with Gasteiger partial charge in [-0.1, -0.05) is 29.8 Å². The highest BCUT2D eigenvalue weighted by Gasteiger charge is 2.11. The van der Waals surface area contributed by atoms with Gasteiger partial charge in [-0.05, 0) is 36.4 Å². The second-order valence-corrected chi connectivity index (χ2v) is 5.16. The van der Waals surface area contributed by atoms with Gasteiger partial charge < -0.3 is 4.74 Å². The van der Waals surface area contributed by atoms with Crippen molar-refractivity contribution in [3.8, 4) is 17.1 Å². The number of hydrogen-bond donors (Lipinski definition) is 0. The summed E-state index contributed by atoms with van der Waals surface area (Å²) in [6, 6.07) is 14.8. The molecule has 0 aliphatic heterocycles. The number of tetrazole rings is 1. The topological polar surface area (TPSA) is 69.9 Å². The van der Waals surface area contributed by atoms with Crippen LogP contribution >= 0.6 is 0 Å². The maximum Gasteiger partial charge on any atom is 0.204 e. The zero-order valence-corrected chi connectivity index (χ0v) is 12.9. The number of hydrogen-bond acceptors (Lipinski definition) is 5. The van der Waals surface area contributed by atoms with Crippen molar-refractivity contribution in [2.75, 3.05) is 7.11 Å².